The second kappa shape index (κ2) is 5.36. The first-order chi connectivity index (χ1) is 8.99. The Morgan fingerprint density at radius 1 is 1.11 bits per heavy atom. The molecular weight excluding hydrogens is 248 g/mol. The van der Waals surface area contributed by atoms with Crippen molar-refractivity contribution in [2.75, 3.05) is 0 Å². The molecule has 0 spiro atoms. The third-order valence-corrected chi connectivity index (χ3v) is 2.84. The van der Waals surface area contributed by atoms with Crippen LogP contribution in [0.4, 0.5) is 8.78 Å². The number of nitrogens with two attached hydrogens (primary N) is 1. The fraction of sp³-hybridized carbons (Fsp3) is 0.200. The molecule has 0 radical (unpaired) electrons. The molecule has 0 aliphatic heterocycles. The van der Waals surface area contributed by atoms with Gasteiger partial charge in [0.05, 0.1) is 0 Å². The molecule has 0 saturated carbocycles. The predicted octanol–water partition coefficient (Wildman–Crippen LogP) is 4.09. The summed E-state index contributed by atoms with van der Waals surface area (Å²) >= 11 is 0. The Kier molecular flexibility index (Phi) is 3.81. The monoisotopic (exact) mass is 263 g/mol. The number of halogens is 2. The van der Waals surface area contributed by atoms with Crippen LogP contribution in [-0.2, 0) is 0 Å². The van der Waals surface area contributed by atoms with E-state index in [9.17, 15) is 8.78 Å². The van der Waals surface area contributed by atoms with Gasteiger partial charge in [0, 0.05) is 11.6 Å². The number of hydrogen-bond acceptors (Lipinski definition) is 2. The van der Waals surface area contributed by atoms with Gasteiger partial charge in [0.25, 0.3) is 0 Å². The number of hydrogen-bond donors (Lipinski definition) is 1. The van der Waals surface area contributed by atoms with Gasteiger partial charge in [0.1, 0.15) is 11.6 Å². The Hall–Kier alpha value is -1.94. The van der Waals surface area contributed by atoms with Crippen molar-refractivity contribution < 1.29 is 13.5 Å². The van der Waals surface area contributed by atoms with Gasteiger partial charge in [-0.1, -0.05) is 12.1 Å². The normalized spacial score (nSPS) is 12.3. The molecule has 0 aromatic heterocycles. The standard InChI is InChI=1S/C15H15F2NO/c1-9-4-3-5-14(15(9)17)19-13-7-6-11(16)8-12(13)10(2)18/h3-8,10H,18H2,1-2H3/t10-/m1/s1. The first-order valence-corrected chi connectivity index (χ1v) is 5.97. The van der Waals surface area contributed by atoms with Crippen molar-refractivity contribution in [3.8, 4) is 11.5 Å². The lowest BCUT2D eigenvalue weighted by Crippen LogP contribution is -2.07. The van der Waals surface area contributed by atoms with E-state index in [0.29, 0.717) is 16.9 Å². The van der Waals surface area contributed by atoms with Crippen molar-refractivity contribution in [1.82, 2.24) is 0 Å². The molecule has 0 unspecified atom stereocenters. The van der Waals surface area contributed by atoms with Crippen LogP contribution >= 0.6 is 0 Å². The van der Waals surface area contributed by atoms with Crippen molar-refractivity contribution in [3.05, 3.63) is 59.2 Å². The van der Waals surface area contributed by atoms with E-state index in [0.717, 1.165) is 0 Å². The predicted molar refractivity (Wildman–Crippen MR) is 70.2 cm³/mol. The van der Waals surface area contributed by atoms with Gasteiger partial charge in [-0.3, -0.25) is 0 Å². The first-order valence-electron chi connectivity index (χ1n) is 5.97. The second-order valence-electron chi connectivity index (χ2n) is 4.46. The minimum atomic E-state index is -0.428. The van der Waals surface area contributed by atoms with E-state index in [2.05, 4.69) is 0 Å². The Morgan fingerprint density at radius 2 is 1.84 bits per heavy atom. The molecule has 0 aliphatic carbocycles. The summed E-state index contributed by atoms with van der Waals surface area (Å²) in [5.74, 6) is -0.360. The molecule has 0 amide bonds. The van der Waals surface area contributed by atoms with Crippen molar-refractivity contribution in [3.63, 3.8) is 0 Å². The molecule has 0 heterocycles. The van der Waals surface area contributed by atoms with Crippen LogP contribution in [0.3, 0.4) is 0 Å². The average molecular weight is 263 g/mol. The molecule has 0 fully saturated rings. The van der Waals surface area contributed by atoms with Crippen LogP contribution in [0, 0.1) is 18.6 Å². The minimum Gasteiger partial charge on any atom is -0.454 e. The molecule has 2 aromatic rings. The molecule has 1 atom stereocenters. The lowest BCUT2D eigenvalue weighted by Gasteiger charge is -2.14. The molecule has 2 N–H and O–H groups in total. The van der Waals surface area contributed by atoms with Gasteiger partial charge in [0.2, 0.25) is 0 Å². The van der Waals surface area contributed by atoms with Gasteiger partial charge in [-0.05, 0) is 43.7 Å². The van der Waals surface area contributed by atoms with E-state index >= 15 is 0 Å². The van der Waals surface area contributed by atoms with Crippen molar-refractivity contribution in [2.45, 2.75) is 19.9 Å². The molecular formula is C15H15F2NO. The van der Waals surface area contributed by atoms with E-state index in [-0.39, 0.29) is 5.75 Å². The molecule has 4 heteroatoms. The fourth-order valence-corrected chi connectivity index (χ4v) is 1.79. The number of benzene rings is 2. The van der Waals surface area contributed by atoms with Gasteiger partial charge in [-0.25, -0.2) is 8.78 Å². The highest BCUT2D eigenvalue weighted by molar-refractivity contribution is 5.41. The smallest absolute Gasteiger partial charge is 0.168 e. The molecule has 0 aliphatic rings. The van der Waals surface area contributed by atoms with Gasteiger partial charge < -0.3 is 10.5 Å². The topological polar surface area (TPSA) is 35.2 Å². The van der Waals surface area contributed by atoms with E-state index in [1.54, 1.807) is 26.0 Å². The van der Waals surface area contributed by atoms with E-state index in [4.69, 9.17) is 10.5 Å². The SMILES string of the molecule is Cc1cccc(Oc2ccc(F)cc2[C@@H](C)N)c1F. The molecule has 2 aromatic carbocycles. The summed E-state index contributed by atoms with van der Waals surface area (Å²) in [6.45, 7) is 3.37. The van der Waals surface area contributed by atoms with Crippen molar-refractivity contribution in [2.24, 2.45) is 5.73 Å². The first kappa shape index (κ1) is 13.5. The maximum absolute atomic E-state index is 13.9. The average Bonchev–Trinajstić information content (AvgIpc) is 2.36. The highest BCUT2D eigenvalue weighted by Gasteiger charge is 2.13. The lowest BCUT2D eigenvalue weighted by molar-refractivity contribution is 0.431. The van der Waals surface area contributed by atoms with E-state index in [1.165, 1.54) is 24.3 Å². The van der Waals surface area contributed by atoms with Gasteiger partial charge in [-0.2, -0.15) is 0 Å². The summed E-state index contributed by atoms with van der Waals surface area (Å²) < 4.78 is 32.6. The summed E-state index contributed by atoms with van der Waals surface area (Å²) in [5.41, 5.74) is 6.75. The third-order valence-electron chi connectivity index (χ3n) is 2.84. The maximum Gasteiger partial charge on any atom is 0.168 e. The van der Waals surface area contributed by atoms with Gasteiger partial charge in [0.15, 0.2) is 11.6 Å². The van der Waals surface area contributed by atoms with Crippen LogP contribution < -0.4 is 10.5 Å². The molecule has 0 bridgehead atoms. The Balaban J connectivity index is 2.41. The molecule has 2 rings (SSSR count). The second-order valence-corrected chi connectivity index (χ2v) is 4.46. The number of rotatable bonds is 3. The van der Waals surface area contributed by atoms with Crippen LogP contribution in [0.2, 0.25) is 0 Å². The summed E-state index contributed by atoms with van der Waals surface area (Å²) in [4.78, 5) is 0. The zero-order valence-electron chi connectivity index (χ0n) is 10.8. The fourth-order valence-electron chi connectivity index (χ4n) is 1.79. The minimum absolute atomic E-state index is 0.105. The quantitative estimate of drug-likeness (QED) is 0.905. The van der Waals surface area contributed by atoms with E-state index < -0.39 is 17.7 Å². The highest BCUT2D eigenvalue weighted by Crippen LogP contribution is 2.31. The zero-order valence-corrected chi connectivity index (χ0v) is 10.8. The number of aryl methyl sites for hydroxylation is 1. The van der Waals surface area contributed by atoms with Crippen LogP contribution in [0.15, 0.2) is 36.4 Å². The van der Waals surface area contributed by atoms with Crippen LogP contribution in [0.1, 0.15) is 24.1 Å². The van der Waals surface area contributed by atoms with Gasteiger partial charge in [-0.15, -0.1) is 0 Å². The van der Waals surface area contributed by atoms with E-state index in [1.807, 2.05) is 0 Å². The van der Waals surface area contributed by atoms with Crippen LogP contribution in [0.5, 0.6) is 11.5 Å². The molecule has 100 valence electrons. The van der Waals surface area contributed by atoms with Crippen LogP contribution in [0.25, 0.3) is 0 Å². The Morgan fingerprint density at radius 3 is 2.53 bits per heavy atom. The summed E-state index contributed by atoms with van der Waals surface area (Å²) in [5, 5.41) is 0. The maximum atomic E-state index is 13.9. The number of ether oxygens (including phenoxy) is 1. The highest BCUT2D eigenvalue weighted by atomic mass is 19.1. The zero-order chi connectivity index (χ0) is 14.0. The molecule has 0 saturated heterocycles. The summed E-state index contributed by atoms with van der Waals surface area (Å²) in [7, 11) is 0. The third kappa shape index (κ3) is 2.90. The summed E-state index contributed by atoms with van der Waals surface area (Å²) in [6.07, 6.45) is 0. The Labute approximate surface area is 110 Å². The Bertz CT molecular complexity index is 597. The largest absolute Gasteiger partial charge is 0.454 e. The van der Waals surface area contributed by atoms with Gasteiger partial charge >= 0.3 is 0 Å². The van der Waals surface area contributed by atoms with Crippen molar-refractivity contribution >= 4 is 0 Å². The summed E-state index contributed by atoms with van der Waals surface area (Å²) in [6, 6.07) is 8.48. The lowest BCUT2D eigenvalue weighted by atomic mass is 10.1. The molecule has 19 heavy (non-hydrogen) atoms. The van der Waals surface area contributed by atoms with Crippen LogP contribution in [-0.4, -0.2) is 0 Å². The van der Waals surface area contributed by atoms with Crippen molar-refractivity contribution in [1.29, 1.82) is 0 Å². The molecule has 2 nitrogen and oxygen atoms in total.